The minimum absolute atomic E-state index is 0.0308. The monoisotopic (exact) mass is 132 g/mol. The van der Waals surface area contributed by atoms with E-state index in [9.17, 15) is 0 Å². The van der Waals surface area contributed by atoms with Crippen molar-refractivity contribution in [2.75, 3.05) is 13.2 Å². The molecule has 0 radical (unpaired) electrons. The Hall–Kier alpha value is -0.380. The van der Waals surface area contributed by atoms with Crippen molar-refractivity contribution in [1.82, 2.24) is 0 Å². The van der Waals surface area contributed by atoms with E-state index in [4.69, 9.17) is 15.3 Å². The van der Waals surface area contributed by atoms with E-state index in [-0.39, 0.29) is 13.2 Å². The molecule has 0 fully saturated rings. The van der Waals surface area contributed by atoms with Crippen LogP contribution < -0.4 is 0 Å². The zero-order chi connectivity index (χ0) is 7.11. The second kappa shape index (κ2) is 5.75. The van der Waals surface area contributed by atoms with E-state index in [1.165, 1.54) is 12.2 Å². The van der Waals surface area contributed by atoms with Crippen molar-refractivity contribution in [3.8, 4) is 0 Å². The van der Waals surface area contributed by atoms with Crippen LogP contribution >= 0.6 is 0 Å². The van der Waals surface area contributed by atoms with Crippen molar-refractivity contribution in [3.05, 3.63) is 12.2 Å². The van der Waals surface area contributed by atoms with E-state index in [2.05, 4.69) is 0 Å². The first-order valence-electron chi connectivity index (χ1n) is 2.87. The standard InChI is InChI=1S/C6H12O3/c7-4-1-2-6(9)3-5-8/h1-2,6-9H,3-5H2. The van der Waals surface area contributed by atoms with Crippen molar-refractivity contribution in [1.29, 1.82) is 0 Å². The Bertz CT molecular complexity index is 80.4. The average Bonchev–Trinajstić information content (AvgIpc) is 1.85. The molecule has 0 aliphatic heterocycles. The maximum Gasteiger partial charge on any atom is 0.0743 e. The lowest BCUT2D eigenvalue weighted by atomic mass is 10.2. The van der Waals surface area contributed by atoms with Crippen LogP contribution in [0.1, 0.15) is 6.42 Å². The Morgan fingerprint density at radius 3 is 2.44 bits per heavy atom. The van der Waals surface area contributed by atoms with Crippen LogP contribution in [0.25, 0.3) is 0 Å². The normalized spacial score (nSPS) is 14.6. The SMILES string of the molecule is OCC=CC(O)CCO. The fourth-order valence-corrected chi connectivity index (χ4v) is 0.446. The molecule has 3 heteroatoms. The van der Waals surface area contributed by atoms with Crippen molar-refractivity contribution < 1.29 is 15.3 Å². The van der Waals surface area contributed by atoms with Crippen LogP contribution in [0.3, 0.4) is 0 Å². The molecule has 0 aromatic rings. The molecule has 0 aromatic heterocycles. The van der Waals surface area contributed by atoms with Gasteiger partial charge in [0.15, 0.2) is 0 Å². The van der Waals surface area contributed by atoms with Crippen LogP contribution in [-0.4, -0.2) is 34.6 Å². The van der Waals surface area contributed by atoms with Gasteiger partial charge in [0, 0.05) is 6.61 Å². The quantitative estimate of drug-likeness (QED) is 0.442. The van der Waals surface area contributed by atoms with E-state index >= 15 is 0 Å². The highest BCUT2D eigenvalue weighted by Gasteiger charge is 1.94. The summed E-state index contributed by atoms with van der Waals surface area (Å²) in [7, 11) is 0. The topological polar surface area (TPSA) is 60.7 Å². The molecule has 0 heterocycles. The van der Waals surface area contributed by atoms with Gasteiger partial charge in [-0.3, -0.25) is 0 Å². The van der Waals surface area contributed by atoms with E-state index in [0.29, 0.717) is 6.42 Å². The molecule has 3 nitrogen and oxygen atoms in total. The Labute approximate surface area is 54.3 Å². The second-order valence-corrected chi connectivity index (χ2v) is 1.69. The molecule has 1 unspecified atom stereocenters. The third-order valence-corrected chi connectivity index (χ3v) is 0.889. The van der Waals surface area contributed by atoms with Crippen molar-refractivity contribution in [2.45, 2.75) is 12.5 Å². The maximum absolute atomic E-state index is 8.82. The van der Waals surface area contributed by atoms with Gasteiger partial charge in [0.25, 0.3) is 0 Å². The van der Waals surface area contributed by atoms with Crippen molar-refractivity contribution >= 4 is 0 Å². The van der Waals surface area contributed by atoms with Crippen molar-refractivity contribution in [2.24, 2.45) is 0 Å². The first-order valence-corrected chi connectivity index (χ1v) is 2.87. The summed E-state index contributed by atoms with van der Waals surface area (Å²) in [6.45, 7) is -0.0978. The minimum atomic E-state index is -0.623. The zero-order valence-electron chi connectivity index (χ0n) is 5.20. The Morgan fingerprint density at radius 2 is 2.00 bits per heavy atom. The van der Waals surface area contributed by atoms with E-state index in [1.54, 1.807) is 0 Å². The maximum atomic E-state index is 8.82. The van der Waals surface area contributed by atoms with E-state index in [1.807, 2.05) is 0 Å². The highest BCUT2D eigenvalue weighted by molar-refractivity contribution is 4.87. The molecule has 0 bridgehead atoms. The van der Waals surface area contributed by atoms with Gasteiger partial charge in [-0.1, -0.05) is 12.2 Å². The highest BCUT2D eigenvalue weighted by Crippen LogP contribution is 1.90. The van der Waals surface area contributed by atoms with Crippen molar-refractivity contribution in [3.63, 3.8) is 0 Å². The Morgan fingerprint density at radius 1 is 1.33 bits per heavy atom. The third kappa shape index (κ3) is 5.49. The fraction of sp³-hybridized carbons (Fsp3) is 0.667. The fourth-order valence-electron chi connectivity index (χ4n) is 0.446. The smallest absolute Gasteiger partial charge is 0.0743 e. The van der Waals surface area contributed by atoms with Gasteiger partial charge in [-0.05, 0) is 6.42 Å². The van der Waals surface area contributed by atoms with Gasteiger partial charge in [0.05, 0.1) is 12.7 Å². The third-order valence-electron chi connectivity index (χ3n) is 0.889. The van der Waals surface area contributed by atoms with Crippen LogP contribution in [0.4, 0.5) is 0 Å². The largest absolute Gasteiger partial charge is 0.396 e. The minimum Gasteiger partial charge on any atom is -0.396 e. The molecule has 0 rings (SSSR count). The lowest BCUT2D eigenvalue weighted by Crippen LogP contribution is -2.04. The molecule has 3 N–H and O–H groups in total. The second-order valence-electron chi connectivity index (χ2n) is 1.69. The molecular formula is C6H12O3. The number of hydrogen-bond acceptors (Lipinski definition) is 3. The number of hydrogen-bond donors (Lipinski definition) is 3. The molecule has 0 saturated heterocycles. The lowest BCUT2D eigenvalue weighted by molar-refractivity contribution is 0.169. The lowest BCUT2D eigenvalue weighted by Gasteiger charge is -1.99. The van der Waals surface area contributed by atoms with Crippen LogP contribution in [-0.2, 0) is 0 Å². The molecule has 0 amide bonds. The summed E-state index contributed by atoms with van der Waals surface area (Å²) < 4.78 is 0. The summed E-state index contributed by atoms with van der Waals surface area (Å²) in [6.07, 6.45) is 2.61. The predicted octanol–water partition coefficient (Wildman–Crippen LogP) is -0.722. The molecular weight excluding hydrogens is 120 g/mol. The van der Waals surface area contributed by atoms with Gasteiger partial charge in [0.2, 0.25) is 0 Å². The Kier molecular flexibility index (Phi) is 5.51. The first kappa shape index (κ1) is 8.62. The van der Waals surface area contributed by atoms with Crippen LogP contribution in [0.2, 0.25) is 0 Å². The molecule has 0 saturated carbocycles. The summed E-state index contributed by atoms with van der Waals surface area (Å²) in [5.41, 5.74) is 0. The van der Waals surface area contributed by atoms with Gasteiger partial charge in [-0.25, -0.2) is 0 Å². The van der Waals surface area contributed by atoms with Gasteiger partial charge in [0.1, 0.15) is 0 Å². The summed E-state index contributed by atoms with van der Waals surface area (Å²) in [5.74, 6) is 0. The molecule has 0 aliphatic rings. The van der Waals surface area contributed by atoms with Crippen LogP contribution in [0.15, 0.2) is 12.2 Å². The molecule has 1 atom stereocenters. The molecule has 54 valence electrons. The number of aliphatic hydroxyl groups is 3. The van der Waals surface area contributed by atoms with E-state index < -0.39 is 6.10 Å². The van der Waals surface area contributed by atoms with Gasteiger partial charge < -0.3 is 15.3 Å². The molecule has 0 aromatic carbocycles. The summed E-state index contributed by atoms with van der Waals surface area (Å²) >= 11 is 0. The average molecular weight is 132 g/mol. The summed E-state index contributed by atoms with van der Waals surface area (Å²) in [5, 5.41) is 25.3. The van der Waals surface area contributed by atoms with E-state index in [0.717, 1.165) is 0 Å². The highest BCUT2D eigenvalue weighted by atomic mass is 16.3. The summed E-state index contributed by atoms with van der Waals surface area (Å²) in [6, 6.07) is 0. The molecule has 9 heavy (non-hydrogen) atoms. The Balaban J connectivity index is 3.25. The van der Waals surface area contributed by atoms with Crippen LogP contribution in [0, 0.1) is 0 Å². The number of rotatable bonds is 4. The molecule has 0 aliphatic carbocycles. The first-order chi connectivity index (χ1) is 4.31. The number of aliphatic hydroxyl groups excluding tert-OH is 3. The predicted molar refractivity (Wildman–Crippen MR) is 33.9 cm³/mol. The van der Waals surface area contributed by atoms with Gasteiger partial charge in [-0.2, -0.15) is 0 Å². The van der Waals surface area contributed by atoms with Crippen LogP contribution in [0.5, 0.6) is 0 Å². The summed E-state index contributed by atoms with van der Waals surface area (Å²) in [4.78, 5) is 0. The van der Waals surface area contributed by atoms with Gasteiger partial charge >= 0.3 is 0 Å². The van der Waals surface area contributed by atoms with Gasteiger partial charge in [-0.15, -0.1) is 0 Å². The zero-order valence-corrected chi connectivity index (χ0v) is 5.20. The molecule has 0 spiro atoms.